The highest BCUT2D eigenvalue weighted by atomic mass is 19.1. The van der Waals surface area contributed by atoms with Gasteiger partial charge in [-0.1, -0.05) is 12.1 Å². The molecule has 3 nitrogen and oxygen atoms in total. The quantitative estimate of drug-likeness (QED) is 0.749. The summed E-state index contributed by atoms with van der Waals surface area (Å²) in [7, 11) is 0. The summed E-state index contributed by atoms with van der Waals surface area (Å²) >= 11 is 0. The lowest BCUT2D eigenvalue weighted by molar-refractivity contribution is 0.624. The van der Waals surface area contributed by atoms with E-state index < -0.39 is 0 Å². The highest BCUT2D eigenvalue weighted by molar-refractivity contribution is 5.77. The zero-order valence-corrected chi connectivity index (χ0v) is 9.68. The molecular formula is C14H12FN3. The van der Waals surface area contributed by atoms with Crippen LogP contribution >= 0.6 is 0 Å². The molecule has 2 N–H and O–H groups in total. The number of halogens is 1. The van der Waals surface area contributed by atoms with Gasteiger partial charge in [-0.2, -0.15) is 0 Å². The molecular weight excluding hydrogens is 229 g/mol. The first-order valence-corrected chi connectivity index (χ1v) is 5.70. The van der Waals surface area contributed by atoms with Gasteiger partial charge in [0.25, 0.3) is 0 Å². The molecule has 0 amide bonds. The maximum Gasteiger partial charge on any atom is 0.125 e. The van der Waals surface area contributed by atoms with Gasteiger partial charge < -0.3 is 5.73 Å². The molecule has 3 rings (SSSR count). The van der Waals surface area contributed by atoms with Crippen LogP contribution in [0.4, 0.5) is 4.39 Å². The van der Waals surface area contributed by atoms with E-state index in [9.17, 15) is 4.39 Å². The molecule has 0 aliphatic heterocycles. The maximum absolute atomic E-state index is 13.5. The van der Waals surface area contributed by atoms with Crippen LogP contribution in [0.2, 0.25) is 0 Å². The predicted octanol–water partition coefficient (Wildman–Crippen LogP) is 2.62. The monoisotopic (exact) mass is 241 g/mol. The predicted molar refractivity (Wildman–Crippen MR) is 68.9 cm³/mol. The van der Waals surface area contributed by atoms with E-state index in [2.05, 4.69) is 4.98 Å². The molecule has 0 saturated carbocycles. The molecule has 0 atom stereocenters. The molecule has 0 aliphatic carbocycles. The van der Waals surface area contributed by atoms with Crippen LogP contribution in [0.15, 0.2) is 48.8 Å². The van der Waals surface area contributed by atoms with Crippen molar-refractivity contribution in [2.75, 3.05) is 0 Å². The molecule has 0 saturated heterocycles. The Kier molecular flexibility index (Phi) is 2.57. The second-order valence-corrected chi connectivity index (χ2v) is 4.13. The Hall–Kier alpha value is -2.20. The Bertz CT molecular complexity index is 703. The van der Waals surface area contributed by atoms with Crippen LogP contribution in [0.3, 0.4) is 0 Å². The van der Waals surface area contributed by atoms with Crippen LogP contribution in [-0.2, 0) is 6.54 Å². The first-order valence-electron chi connectivity index (χ1n) is 5.70. The number of imidazole rings is 1. The van der Waals surface area contributed by atoms with E-state index in [-0.39, 0.29) is 5.82 Å². The summed E-state index contributed by atoms with van der Waals surface area (Å²) in [5.41, 5.74) is 8.90. The molecule has 0 spiro atoms. The number of aromatic nitrogens is 2. The third-order valence-corrected chi connectivity index (χ3v) is 2.91. The maximum atomic E-state index is 13.5. The lowest BCUT2D eigenvalue weighted by atomic mass is 10.2. The van der Waals surface area contributed by atoms with Gasteiger partial charge in [0.15, 0.2) is 0 Å². The van der Waals surface area contributed by atoms with E-state index in [1.807, 2.05) is 34.9 Å². The standard InChI is InChI=1S/C14H12FN3/c15-11-5-10(8-16)6-12(7-11)18-9-17-13-3-1-2-4-14(13)18/h1-7,9H,8,16H2. The molecule has 0 aliphatic rings. The van der Waals surface area contributed by atoms with Crippen LogP contribution in [0, 0.1) is 5.82 Å². The van der Waals surface area contributed by atoms with Gasteiger partial charge in [0, 0.05) is 6.54 Å². The summed E-state index contributed by atoms with van der Waals surface area (Å²) in [5.74, 6) is -0.286. The zero-order chi connectivity index (χ0) is 12.5. The fourth-order valence-corrected chi connectivity index (χ4v) is 2.06. The largest absolute Gasteiger partial charge is 0.326 e. The molecule has 0 fully saturated rings. The fourth-order valence-electron chi connectivity index (χ4n) is 2.06. The van der Waals surface area contributed by atoms with Crippen molar-refractivity contribution in [1.82, 2.24) is 9.55 Å². The van der Waals surface area contributed by atoms with Gasteiger partial charge in [0.1, 0.15) is 12.1 Å². The van der Waals surface area contributed by atoms with Crippen molar-refractivity contribution >= 4 is 11.0 Å². The average molecular weight is 241 g/mol. The fraction of sp³-hybridized carbons (Fsp3) is 0.0714. The minimum Gasteiger partial charge on any atom is -0.326 e. The Labute approximate surface area is 104 Å². The summed E-state index contributed by atoms with van der Waals surface area (Å²) < 4.78 is 15.4. The first kappa shape index (κ1) is 10.9. The number of nitrogens with zero attached hydrogens (tertiary/aromatic N) is 2. The van der Waals surface area contributed by atoms with Gasteiger partial charge >= 0.3 is 0 Å². The molecule has 3 aromatic rings. The van der Waals surface area contributed by atoms with Crippen molar-refractivity contribution in [1.29, 1.82) is 0 Å². The smallest absolute Gasteiger partial charge is 0.125 e. The molecule has 18 heavy (non-hydrogen) atoms. The van der Waals surface area contributed by atoms with Crippen LogP contribution in [-0.4, -0.2) is 9.55 Å². The molecule has 1 heterocycles. The summed E-state index contributed by atoms with van der Waals surface area (Å²) in [6.45, 7) is 0.317. The Morgan fingerprint density at radius 2 is 2.00 bits per heavy atom. The summed E-state index contributed by atoms with van der Waals surface area (Å²) in [4.78, 5) is 4.29. The van der Waals surface area contributed by atoms with Crippen LogP contribution in [0.5, 0.6) is 0 Å². The lowest BCUT2D eigenvalue weighted by Gasteiger charge is -2.06. The van der Waals surface area contributed by atoms with Crippen LogP contribution < -0.4 is 5.73 Å². The molecule has 4 heteroatoms. The number of fused-ring (bicyclic) bond motifs is 1. The van der Waals surface area contributed by atoms with Gasteiger partial charge in [-0.05, 0) is 35.9 Å². The third kappa shape index (κ3) is 1.76. The molecule has 0 unspecified atom stereocenters. The first-order chi connectivity index (χ1) is 8.78. The van der Waals surface area contributed by atoms with Crippen molar-refractivity contribution in [3.8, 4) is 5.69 Å². The van der Waals surface area contributed by atoms with Crippen molar-refractivity contribution in [3.05, 3.63) is 60.2 Å². The topological polar surface area (TPSA) is 43.8 Å². The average Bonchev–Trinajstić information content (AvgIpc) is 2.81. The number of hydrogen-bond acceptors (Lipinski definition) is 2. The normalized spacial score (nSPS) is 11.0. The third-order valence-electron chi connectivity index (χ3n) is 2.91. The van der Waals surface area contributed by atoms with Crippen molar-refractivity contribution in [2.45, 2.75) is 6.54 Å². The Morgan fingerprint density at radius 3 is 2.83 bits per heavy atom. The highest BCUT2D eigenvalue weighted by Gasteiger charge is 2.06. The summed E-state index contributed by atoms with van der Waals surface area (Å²) in [6.07, 6.45) is 1.69. The van der Waals surface area contributed by atoms with Gasteiger partial charge in [0.05, 0.1) is 16.7 Å². The molecule has 2 aromatic carbocycles. The highest BCUT2D eigenvalue weighted by Crippen LogP contribution is 2.19. The molecule has 1 aromatic heterocycles. The van der Waals surface area contributed by atoms with Crippen molar-refractivity contribution in [3.63, 3.8) is 0 Å². The number of nitrogens with two attached hydrogens (primary N) is 1. The van der Waals surface area contributed by atoms with Crippen LogP contribution in [0.25, 0.3) is 16.7 Å². The van der Waals surface area contributed by atoms with E-state index in [1.54, 1.807) is 6.33 Å². The Morgan fingerprint density at radius 1 is 1.17 bits per heavy atom. The van der Waals surface area contributed by atoms with Gasteiger partial charge in [-0.15, -0.1) is 0 Å². The molecule has 0 bridgehead atoms. The number of para-hydroxylation sites is 2. The van der Waals surface area contributed by atoms with Gasteiger partial charge in [-0.25, -0.2) is 9.37 Å². The minimum absolute atomic E-state index is 0.286. The lowest BCUT2D eigenvalue weighted by Crippen LogP contribution is -2.00. The van der Waals surface area contributed by atoms with E-state index in [0.29, 0.717) is 6.54 Å². The van der Waals surface area contributed by atoms with E-state index in [4.69, 9.17) is 5.73 Å². The molecule has 0 radical (unpaired) electrons. The molecule has 90 valence electrons. The zero-order valence-electron chi connectivity index (χ0n) is 9.68. The Balaban J connectivity index is 2.22. The SMILES string of the molecule is NCc1cc(F)cc(-n2cnc3ccccc32)c1. The number of hydrogen-bond donors (Lipinski definition) is 1. The second kappa shape index (κ2) is 4.23. The number of benzene rings is 2. The number of rotatable bonds is 2. The summed E-state index contributed by atoms with van der Waals surface area (Å²) in [6, 6.07) is 12.5. The van der Waals surface area contributed by atoms with Crippen molar-refractivity contribution in [2.24, 2.45) is 5.73 Å². The van der Waals surface area contributed by atoms with Gasteiger partial charge in [-0.3, -0.25) is 4.57 Å². The van der Waals surface area contributed by atoms with E-state index >= 15 is 0 Å². The van der Waals surface area contributed by atoms with E-state index in [0.717, 1.165) is 22.3 Å². The van der Waals surface area contributed by atoms with E-state index in [1.165, 1.54) is 12.1 Å². The second-order valence-electron chi connectivity index (χ2n) is 4.13. The van der Waals surface area contributed by atoms with Crippen molar-refractivity contribution < 1.29 is 4.39 Å². The van der Waals surface area contributed by atoms with Crippen LogP contribution in [0.1, 0.15) is 5.56 Å². The summed E-state index contributed by atoms with van der Waals surface area (Å²) in [5, 5.41) is 0. The minimum atomic E-state index is -0.286. The van der Waals surface area contributed by atoms with Gasteiger partial charge in [0.2, 0.25) is 0 Å².